The first-order valence-electron chi connectivity index (χ1n) is 6.11. The standard InChI is InChI=1S/C12H19N5O4/c1-12(2,16(3)4)7-21-11-9(17(19)20)5-8(6-14-11)10(13)15-18/h5-6,18H,7H2,1-4H3,(H2,13,15). The molecule has 0 fully saturated rings. The first kappa shape index (κ1) is 16.6. The number of oxime groups is 1. The molecule has 0 aromatic carbocycles. The van der Waals surface area contributed by atoms with Crippen LogP contribution in [0.5, 0.6) is 5.88 Å². The Balaban J connectivity index is 3.06. The molecule has 0 saturated carbocycles. The number of hydrogen-bond donors (Lipinski definition) is 2. The Morgan fingerprint density at radius 2 is 2.24 bits per heavy atom. The minimum atomic E-state index is -0.626. The summed E-state index contributed by atoms with van der Waals surface area (Å²) in [6.45, 7) is 4.09. The van der Waals surface area contributed by atoms with Crippen LogP contribution in [0.15, 0.2) is 17.4 Å². The van der Waals surface area contributed by atoms with Crippen LogP contribution in [0, 0.1) is 10.1 Å². The van der Waals surface area contributed by atoms with Crippen molar-refractivity contribution in [2.24, 2.45) is 10.9 Å². The number of nitrogens with two attached hydrogens (primary N) is 1. The molecular weight excluding hydrogens is 278 g/mol. The van der Waals surface area contributed by atoms with Gasteiger partial charge < -0.3 is 20.6 Å². The van der Waals surface area contributed by atoms with E-state index in [4.69, 9.17) is 15.7 Å². The van der Waals surface area contributed by atoms with Crippen LogP contribution in [0.25, 0.3) is 0 Å². The van der Waals surface area contributed by atoms with Gasteiger partial charge in [0.2, 0.25) is 0 Å². The molecule has 0 atom stereocenters. The van der Waals surface area contributed by atoms with Crippen molar-refractivity contribution in [3.63, 3.8) is 0 Å². The predicted octanol–water partition coefficient (Wildman–Crippen LogP) is 0.803. The van der Waals surface area contributed by atoms with E-state index in [1.807, 2.05) is 32.8 Å². The Morgan fingerprint density at radius 3 is 2.71 bits per heavy atom. The number of rotatable bonds is 6. The van der Waals surface area contributed by atoms with Crippen molar-refractivity contribution in [2.75, 3.05) is 20.7 Å². The van der Waals surface area contributed by atoms with Gasteiger partial charge in [-0.05, 0) is 27.9 Å². The average Bonchev–Trinajstić information content (AvgIpc) is 2.43. The van der Waals surface area contributed by atoms with E-state index in [9.17, 15) is 10.1 Å². The molecular formula is C12H19N5O4. The van der Waals surface area contributed by atoms with Gasteiger partial charge in [-0.3, -0.25) is 10.1 Å². The monoisotopic (exact) mass is 297 g/mol. The molecule has 0 aliphatic heterocycles. The second kappa shape index (κ2) is 6.35. The number of aromatic nitrogens is 1. The predicted molar refractivity (Wildman–Crippen MR) is 76.7 cm³/mol. The number of likely N-dealkylation sites (N-methyl/N-ethyl adjacent to an activating group) is 1. The van der Waals surface area contributed by atoms with Crippen molar-refractivity contribution in [2.45, 2.75) is 19.4 Å². The molecule has 0 saturated heterocycles. The largest absolute Gasteiger partial charge is 0.471 e. The van der Waals surface area contributed by atoms with E-state index in [1.165, 1.54) is 6.20 Å². The fraction of sp³-hybridized carbons (Fsp3) is 0.500. The first-order chi connectivity index (χ1) is 9.69. The molecule has 1 rings (SSSR count). The van der Waals surface area contributed by atoms with E-state index < -0.39 is 4.92 Å². The maximum Gasteiger partial charge on any atom is 0.331 e. The van der Waals surface area contributed by atoms with Gasteiger partial charge in [0.25, 0.3) is 5.88 Å². The fourth-order valence-corrected chi connectivity index (χ4v) is 1.25. The Bertz CT molecular complexity index is 557. The van der Waals surface area contributed by atoms with Crippen molar-refractivity contribution in [3.05, 3.63) is 27.9 Å². The van der Waals surface area contributed by atoms with Crippen LogP contribution in [-0.2, 0) is 0 Å². The smallest absolute Gasteiger partial charge is 0.331 e. The van der Waals surface area contributed by atoms with E-state index in [1.54, 1.807) is 0 Å². The summed E-state index contributed by atoms with van der Waals surface area (Å²) < 4.78 is 5.46. The van der Waals surface area contributed by atoms with Crippen LogP contribution >= 0.6 is 0 Å². The topological polar surface area (TPSA) is 127 Å². The highest BCUT2D eigenvalue weighted by Crippen LogP contribution is 2.26. The zero-order chi connectivity index (χ0) is 16.2. The Morgan fingerprint density at radius 1 is 1.62 bits per heavy atom. The van der Waals surface area contributed by atoms with Gasteiger partial charge in [0, 0.05) is 23.4 Å². The molecule has 9 heteroatoms. The fourth-order valence-electron chi connectivity index (χ4n) is 1.25. The number of nitrogens with zero attached hydrogens (tertiary/aromatic N) is 4. The zero-order valence-corrected chi connectivity index (χ0v) is 12.4. The van der Waals surface area contributed by atoms with Crippen molar-refractivity contribution < 1.29 is 14.9 Å². The molecule has 0 aliphatic rings. The third-order valence-electron chi connectivity index (χ3n) is 3.21. The third-order valence-corrected chi connectivity index (χ3v) is 3.21. The summed E-state index contributed by atoms with van der Waals surface area (Å²) in [7, 11) is 3.76. The lowest BCUT2D eigenvalue weighted by Gasteiger charge is -2.31. The molecule has 0 aliphatic carbocycles. The number of hydrogen-bond acceptors (Lipinski definition) is 7. The minimum absolute atomic E-state index is 0.107. The Kier molecular flexibility index (Phi) is 5.03. The van der Waals surface area contributed by atoms with Gasteiger partial charge in [0.1, 0.15) is 6.61 Å². The molecule has 1 aromatic heterocycles. The highest BCUT2D eigenvalue weighted by atomic mass is 16.6. The highest BCUT2D eigenvalue weighted by Gasteiger charge is 2.25. The summed E-state index contributed by atoms with van der Waals surface area (Å²) in [5, 5.41) is 22.4. The lowest BCUT2D eigenvalue weighted by molar-refractivity contribution is -0.386. The zero-order valence-electron chi connectivity index (χ0n) is 12.4. The van der Waals surface area contributed by atoms with Crippen molar-refractivity contribution in [1.82, 2.24) is 9.88 Å². The second-order valence-electron chi connectivity index (χ2n) is 5.29. The van der Waals surface area contributed by atoms with Crippen LogP contribution in [0.3, 0.4) is 0 Å². The first-order valence-corrected chi connectivity index (χ1v) is 6.11. The van der Waals surface area contributed by atoms with Crippen LogP contribution in [0.2, 0.25) is 0 Å². The molecule has 1 heterocycles. The van der Waals surface area contributed by atoms with Crippen LogP contribution in [-0.4, -0.2) is 52.1 Å². The summed E-state index contributed by atoms with van der Waals surface area (Å²) in [6.07, 6.45) is 1.25. The highest BCUT2D eigenvalue weighted by molar-refractivity contribution is 5.97. The quantitative estimate of drug-likeness (QED) is 0.261. The van der Waals surface area contributed by atoms with Gasteiger partial charge in [-0.25, -0.2) is 4.98 Å². The van der Waals surface area contributed by atoms with Crippen LogP contribution < -0.4 is 10.5 Å². The molecule has 0 radical (unpaired) electrons. The molecule has 116 valence electrons. The number of pyridine rings is 1. The molecule has 0 unspecified atom stereocenters. The van der Waals surface area contributed by atoms with Crippen LogP contribution in [0.4, 0.5) is 5.69 Å². The molecule has 3 N–H and O–H groups in total. The van der Waals surface area contributed by atoms with Gasteiger partial charge in [-0.15, -0.1) is 0 Å². The van der Waals surface area contributed by atoms with Crippen molar-refractivity contribution in [3.8, 4) is 5.88 Å². The SMILES string of the molecule is CN(C)C(C)(C)COc1ncc(C(N)=NO)cc1[N+](=O)[O-]. The molecule has 0 bridgehead atoms. The number of nitro groups is 1. The molecule has 0 spiro atoms. The van der Waals surface area contributed by atoms with E-state index in [0.717, 1.165) is 6.07 Å². The van der Waals surface area contributed by atoms with Gasteiger partial charge in [-0.1, -0.05) is 5.16 Å². The van der Waals surface area contributed by atoms with Gasteiger partial charge in [0.05, 0.1) is 4.92 Å². The average molecular weight is 297 g/mol. The maximum absolute atomic E-state index is 11.1. The van der Waals surface area contributed by atoms with Gasteiger partial charge in [-0.2, -0.15) is 0 Å². The summed E-state index contributed by atoms with van der Waals surface area (Å²) in [5.41, 5.74) is 4.87. The number of ether oxygens (including phenoxy) is 1. The van der Waals surface area contributed by atoms with E-state index >= 15 is 0 Å². The summed E-state index contributed by atoms with van der Waals surface area (Å²) in [4.78, 5) is 16.3. The lowest BCUT2D eigenvalue weighted by Crippen LogP contribution is -2.43. The molecule has 21 heavy (non-hydrogen) atoms. The van der Waals surface area contributed by atoms with Gasteiger partial charge >= 0.3 is 5.69 Å². The Labute approximate surface area is 122 Å². The normalized spacial score (nSPS) is 12.5. The lowest BCUT2D eigenvalue weighted by atomic mass is 10.1. The van der Waals surface area contributed by atoms with E-state index in [0.29, 0.717) is 0 Å². The molecule has 1 aromatic rings. The van der Waals surface area contributed by atoms with Gasteiger partial charge in [0.15, 0.2) is 5.84 Å². The van der Waals surface area contributed by atoms with E-state index in [-0.39, 0.29) is 35.1 Å². The van der Waals surface area contributed by atoms with Crippen molar-refractivity contribution in [1.29, 1.82) is 0 Å². The molecule has 0 amide bonds. The van der Waals surface area contributed by atoms with E-state index in [2.05, 4.69) is 10.1 Å². The number of amidine groups is 1. The minimum Gasteiger partial charge on any atom is -0.471 e. The second-order valence-corrected chi connectivity index (χ2v) is 5.29. The summed E-state index contributed by atoms with van der Waals surface area (Å²) in [6, 6.07) is 1.15. The third kappa shape index (κ3) is 4.02. The summed E-state index contributed by atoms with van der Waals surface area (Å²) >= 11 is 0. The maximum atomic E-state index is 11.1. The molecule has 9 nitrogen and oxygen atoms in total. The van der Waals surface area contributed by atoms with Crippen LogP contribution in [0.1, 0.15) is 19.4 Å². The summed E-state index contributed by atoms with van der Waals surface area (Å²) in [5.74, 6) is -0.366. The Hall–Kier alpha value is -2.42. The van der Waals surface area contributed by atoms with Crippen molar-refractivity contribution >= 4 is 11.5 Å².